The molecule has 35 heavy (non-hydrogen) atoms. The second kappa shape index (κ2) is 10.7. The number of aromatic nitrogens is 1. The van der Waals surface area contributed by atoms with E-state index in [1.807, 2.05) is 6.07 Å². The number of hydrogen-bond acceptors (Lipinski definition) is 6. The lowest BCUT2D eigenvalue weighted by atomic mass is 10.1. The van der Waals surface area contributed by atoms with Crippen molar-refractivity contribution >= 4 is 29.3 Å². The summed E-state index contributed by atoms with van der Waals surface area (Å²) >= 11 is 0. The standard InChI is InChI=1S/C26H24N4O5/c1-35-12-4-11-30-25(33)21-9-8-18(14-22(21)26(30)34)23(31)28-15-17-5-2-7-20(13-17)29-24(32)19-6-3-10-27-16-19/h2-3,5-10,13-14,16H,4,11-12,15H2,1H3,(H,28,31)(H,29,32). The summed E-state index contributed by atoms with van der Waals surface area (Å²) in [7, 11) is 1.56. The summed E-state index contributed by atoms with van der Waals surface area (Å²) in [5, 5.41) is 5.61. The Morgan fingerprint density at radius 1 is 0.943 bits per heavy atom. The molecule has 1 aromatic heterocycles. The second-order valence-corrected chi connectivity index (χ2v) is 7.95. The lowest BCUT2D eigenvalue weighted by molar-refractivity contribution is 0.0638. The van der Waals surface area contributed by atoms with Crippen molar-refractivity contribution in [1.82, 2.24) is 15.2 Å². The number of ether oxygens (including phenoxy) is 1. The number of nitrogens with zero attached hydrogens (tertiary/aromatic N) is 2. The quantitative estimate of drug-likeness (QED) is 0.365. The van der Waals surface area contributed by atoms with Crippen molar-refractivity contribution in [2.45, 2.75) is 13.0 Å². The third-order valence-corrected chi connectivity index (χ3v) is 5.52. The minimum atomic E-state index is -0.409. The molecule has 4 rings (SSSR count). The van der Waals surface area contributed by atoms with Gasteiger partial charge in [-0.3, -0.25) is 29.1 Å². The average molecular weight is 473 g/mol. The van der Waals surface area contributed by atoms with Crippen LogP contribution < -0.4 is 10.6 Å². The van der Waals surface area contributed by atoms with E-state index >= 15 is 0 Å². The number of nitrogens with one attached hydrogen (secondary N) is 2. The zero-order chi connectivity index (χ0) is 24.8. The van der Waals surface area contributed by atoms with Gasteiger partial charge in [-0.25, -0.2) is 0 Å². The number of benzene rings is 2. The van der Waals surface area contributed by atoms with Gasteiger partial charge in [0.2, 0.25) is 0 Å². The molecule has 0 fully saturated rings. The Kier molecular flexibility index (Phi) is 7.27. The molecular formula is C26H24N4O5. The highest BCUT2D eigenvalue weighted by Crippen LogP contribution is 2.24. The number of fused-ring (bicyclic) bond motifs is 1. The van der Waals surface area contributed by atoms with Crippen LogP contribution >= 0.6 is 0 Å². The van der Waals surface area contributed by atoms with Crippen molar-refractivity contribution in [3.63, 3.8) is 0 Å². The van der Waals surface area contributed by atoms with Crippen molar-refractivity contribution in [3.05, 3.63) is 94.8 Å². The second-order valence-electron chi connectivity index (χ2n) is 7.95. The average Bonchev–Trinajstić information content (AvgIpc) is 3.12. The van der Waals surface area contributed by atoms with Crippen molar-refractivity contribution in [3.8, 4) is 0 Å². The monoisotopic (exact) mass is 472 g/mol. The first-order valence-corrected chi connectivity index (χ1v) is 11.1. The van der Waals surface area contributed by atoms with E-state index in [9.17, 15) is 19.2 Å². The van der Waals surface area contributed by atoms with Crippen molar-refractivity contribution in [2.75, 3.05) is 25.6 Å². The van der Waals surface area contributed by atoms with Gasteiger partial charge in [0.1, 0.15) is 0 Å². The number of methoxy groups -OCH3 is 1. The highest BCUT2D eigenvalue weighted by atomic mass is 16.5. The zero-order valence-corrected chi connectivity index (χ0v) is 19.1. The lowest BCUT2D eigenvalue weighted by Crippen LogP contribution is -2.31. The molecule has 9 heteroatoms. The molecule has 1 aliphatic heterocycles. The summed E-state index contributed by atoms with van der Waals surface area (Å²) in [6.07, 6.45) is 3.61. The zero-order valence-electron chi connectivity index (χ0n) is 19.1. The van der Waals surface area contributed by atoms with Gasteiger partial charge in [-0.1, -0.05) is 12.1 Å². The Hall–Kier alpha value is -4.37. The van der Waals surface area contributed by atoms with E-state index < -0.39 is 5.91 Å². The maximum Gasteiger partial charge on any atom is 0.261 e. The van der Waals surface area contributed by atoms with E-state index in [-0.39, 0.29) is 41.9 Å². The first-order chi connectivity index (χ1) is 17.0. The van der Waals surface area contributed by atoms with Crippen molar-refractivity contribution in [2.24, 2.45) is 0 Å². The van der Waals surface area contributed by atoms with Crippen LogP contribution in [0.2, 0.25) is 0 Å². The number of rotatable bonds is 9. The summed E-state index contributed by atoms with van der Waals surface area (Å²) in [5.74, 6) is -1.44. The number of carbonyl (C=O) groups excluding carboxylic acids is 4. The minimum Gasteiger partial charge on any atom is -0.385 e. The van der Waals surface area contributed by atoms with Crippen LogP contribution in [0.1, 0.15) is 53.4 Å². The first-order valence-electron chi connectivity index (χ1n) is 11.1. The molecule has 9 nitrogen and oxygen atoms in total. The number of amides is 4. The normalized spacial score (nSPS) is 12.4. The molecule has 1 aliphatic rings. The number of carbonyl (C=O) groups is 4. The fourth-order valence-electron chi connectivity index (χ4n) is 3.75. The van der Waals surface area contributed by atoms with Gasteiger partial charge in [0.05, 0.1) is 16.7 Å². The molecule has 0 saturated heterocycles. The highest BCUT2D eigenvalue weighted by Gasteiger charge is 2.35. The maximum absolute atomic E-state index is 12.7. The topological polar surface area (TPSA) is 118 Å². The van der Waals surface area contributed by atoms with Crippen LogP contribution in [-0.4, -0.2) is 53.8 Å². The molecule has 0 radical (unpaired) electrons. The van der Waals surface area contributed by atoms with Gasteiger partial charge in [0.15, 0.2) is 0 Å². The van der Waals surface area contributed by atoms with E-state index in [0.29, 0.717) is 29.8 Å². The van der Waals surface area contributed by atoms with Crippen molar-refractivity contribution in [1.29, 1.82) is 0 Å². The predicted molar refractivity (Wildman–Crippen MR) is 128 cm³/mol. The van der Waals surface area contributed by atoms with E-state index in [4.69, 9.17) is 4.74 Å². The molecule has 4 amide bonds. The molecular weight excluding hydrogens is 448 g/mol. The fraction of sp³-hybridized carbons (Fsp3) is 0.192. The molecule has 0 atom stereocenters. The van der Waals surface area contributed by atoms with Crippen LogP contribution in [0, 0.1) is 0 Å². The number of anilines is 1. The van der Waals surface area contributed by atoms with Gasteiger partial charge in [0, 0.05) is 50.5 Å². The van der Waals surface area contributed by atoms with Crippen LogP contribution in [-0.2, 0) is 11.3 Å². The van der Waals surface area contributed by atoms with Crippen molar-refractivity contribution < 1.29 is 23.9 Å². The van der Waals surface area contributed by atoms with Crippen LogP contribution in [0.3, 0.4) is 0 Å². The van der Waals surface area contributed by atoms with Gasteiger partial charge < -0.3 is 15.4 Å². The Morgan fingerprint density at radius 3 is 2.54 bits per heavy atom. The maximum atomic E-state index is 12.7. The smallest absolute Gasteiger partial charge is 0.261 e. The van der Waals surface area contributed by atoms with E-state index in [1.54, 1.807) is 43.6 Å². The van der Waals surface area contributed by atoms with Gasteiger partial charge in [-0.05, 0) is 54.4 Å². The summed E-state index contributed by atoms with van der Waals surface area (Å²) in [4.78, 5) is 55.4. The third-order valence-electron chi connectivity index (χ3n) is 5.52. The minimum absolute atomic E-state index is 0.211. The SMILES string of the molecule is COCCCN1C(=O)c2ccc(C(=O)NCc3cccc(NC(=O)c4cccnc4)c3)cc2C1=O. The van der Waals surface area contributed by atoms with Crippen LogP contribution in [0.15, 0.2) is 67.0 Å². The summed E-state index contributed by atoms with van der Waals surface area (Å²) in [6.45, 7) is 0.910. The van der Waals surface area contributed by atoms with E-state index in [0.717, 1.165) is 5.56 Å². The summed E-state index contributed by atoms with van der Waals surface area (Å²) in [5.41, 5.74) is 2.60. The van der Waals surface area contributed by atoms with E-state index in [1.165, 1.54) is 29.3 Å². The van der Waals surface area contributed by atoms with Gasteiger partial charge in [0.25, 0.3) is 23.6 Å². The fourth-order valence-corrected chi connectivity index (χ4v) is 3.75. The molecule has 178 valence electrons. The summed E-state index contributed by atoms with van der Waals surface area (Å²) in [6, 6.07) is 14.9. The van der Waals surface area contributed by atoms with Crippen LogP contribution in [0.5, 0.6) is 0 Å². The first kappa shape index (κ1) is 23.8. The number of pyridine rings is 1. The van der Waals surface area contributed by atoms with Crippen LogP contribution in [0.25, 0.3) is 0 Å². The van der Waals surface area contributed by atoms with E-state index in [2.05, 4.69) is 15.6 Å². The molecule has 3 aromatic rings. The number of imide groups is 1. The molecule has 0 bridgehead atoms. The predicted octanol–water partition coefficient (Wildman–Crippen LogP) is 2.90. The molecule has 0 saturated carbocycles. The Labute approximate surface area is 202 Å². The number of hydrogen-bond donors (Lipinski definition) is 2. The molecule has 0 aliphatic carbocycles. The Bertz CT molecular complexity index is 1280. The van der Waals surface area contributed by atoms with Gasteiger partial charge >= 0.3 is 0 Å². The Balaban J connectivity index is 1.38. The Morgan fingerprint density at radius 2 is 1.77 bits per heavy atom. The molecule has 2 heterocycles. The molecule has 2 aromatic carbocycles. The van der Waals surface area contributed by atoms with Gasteiger partial charge in [-0.2, -0.15) is 0 Å². The third kappa shape index (κ3) is 5.42. The highest BCUT2D eigenvalue weighted by molar-refractivity contribution is 6.22. The summed E-state index contributed by atoms with van der Waals surface area (Å²) < 4.78 is 4.98. The largest absolute Gasteiger partial charge is 0.385 e. The van der Waals surface area contributed by atoms with Gasteiger partial charge in [-0.15, -0.1) is 0 Å². The van der Waals surface area contributed by atoms with Crippen LogP contribution in [0.4, 0.5) is 5.69 Å². The lowest BCUT2D eigenvalue weighted by Gasteiger charge is -2.12. The molecule has 0 spiro atoms. The molecule has 0 unspecified atom stereocenters. The molecule has 2 N–H and O–H groups in total.